The summed E-state index contributed by atoms with van der Waals surface area (Å²) in [6, 6.07) is 2.21. The Morgan fingerprint density at radius 2 is 2.09 bits per heavy atom. The number of rotatable bonds is 4. The molecule has 3 amide bonds. The van der Waals surface area contributed by atoms with Crippen LogP contribution in [0.2, 0.25) is 0 Å². The molecule has 1 aliphatic heterocycles. The summed E-state index contributed by atoms with van der Waals surface area (Å²) in [6.45, 7) is 3.41. The van der Waals surface area contributed by atoms with Gasteiger partial charge < -0.3 is 4.90 Å². The van der Waals surface area contributed by atoms with Crippen molar-refractivity contribution in [3.63, 3.8) is 0 Å². The number of amides is 3. The van der Waals surface area contributed by atoms with Crippen LogP contribution in [0.3, 0.4) is 0 Å². The van der Waals surface area contributed by atoms with Crippen LogP contribution in [0.5, 0.6) is 0 Å². The van der Waals surface area contributed by atoms with Gasteiger partial charge in [-0.1, -0.05) is 0 Å². The lowest BCUT2D eigenvalue weighted by molar-refractivity contribution is -0.135. The first-order chi connectivity index (χ1) is 10.8. The highest BCUT2D eigenvalue weighted by atomic mass is 19.1. The number of hydrogen-bond donors (Lipinski definition) is 1. The van der Waals surface area contributed by atoms with Crippen molar-refractivity contribution in [1.29, 1.82) is 0 Å². The van der Waals surface area contributed by atoms with Crippen LogP contribution in [0, 0.1) is 11.6 Å². The number of benzene rings is 1. The summed E-state index contributed by atoms with van der Waals surface area (Å²) >= 11 is 0. The maximum atomic E-state index is 13.7. The number of carbonyl (C=O) groups is 3. The number of halogens is 2. The van der Waals surface area contributed by atoms with Crippen LogP contribution >= 0.6 is 0 Å². The zero-order valence-corrected chi connectivity index (χ0v) is 12.7. The van der Waals surface area contributed by atoms with Gasteiger partial charge in [-0.15, -0.1) is 0 Å². The van der Waals surface area contributed by atoms with Crippen molar-refractivity contribution in [2.24, 2.45) is 0 Å². The molecule has 1 aliphatic rings. The molecule has 1 saturated heterocycles. The van der Waals surface area contributed by atoms with E-state index in [9.17, 15) is 23.2 Å². The van der Waals surface area contributed by atoms with Gasteiger partial charge in [-0.05, 0) is 31.6 Å². The molecule has 7 heteroatoms. The van der Waals surface area contributed by atoms with Gasteiger partial charge in [0.15, 0.2) is 0 Å². The van der Waals surface area contributed by atoms with E-state index in [1.165, 1.54) is 24.0 Å². The summed E-state index contributed by atoms with van der Waals surface area (Å²) in [6.07, 6.45) is 1.09. The summed E-state index contributed by atoms with van der Waals surface area (Å²) in [5.74, 6) is -2.95. The predicted octanol–water partition coefficient (Wildman–Crippen LogP) is 1.63. The molecular weight excluding hydrogens is 306 g/mol. The highest BCUT2D eigenvalue weighted by Gasteiger charge is 2.36. The Morgan fingerprint density at radius 3 is 2.61 bits per heavy atom. The lowest BCUT2D eigenvalue weighted by Crippen LogP contribution is -2.43. The third-order valence-electron chi connectivity index (χ3n) is 3.64. The van der Waals surface area contributed by atoms with Gasteiger partial charge in [0.05, 0.1) is 6.42 Å². The number of hydrogen-bond acceptors (Lipinski definition) is 3. The van der Waals surface area contributed by atoms with E-state index in [2.05, 4.69) is 5.32 Å². The van der Waals surface area contributed by atoms with E-state index in [1.54, 1.807) is 6.92 Å². The van der Waals surface area contributed by atoms with Gasteiger partial charge in [-0.2, -0.15) is 0 Å². The Hall–Kier alpha value is -2.57. The van der Waals surface area contributed by atoms with Crippen LogP contribution in [-0.4, -0.2) is 35.2 Å². The van der Waals surface area contributed by atoms with Crippen LogP contribution in [-0.2, 0) is 14.4 Å². The molecule has 1 atom stereocenters. The summed E-state index contributed by atoms with van der Waals surface area (Å²) < 4.78 is 26.7. The fourth-order valence-corrected chi connectivity index (χ4v) is 2.48. The minimum atomic E-state index is -0.859. The van der Waals surface area contributed by atoms with E-state index in [4.69, 9.17) is 0 Å². The topological polar surface area (TPSA) is 66.5 Å². The van der Waals surface area contributed by atoms with Gasteiger partial charge in [0, 0.05) is 24.3 Å². The third kappa shape index (κ3) is 3.61. The largest absolute Gasteiger partial charge is 0.327 e. The number of carbonyl (C=O) groups excluding carboxylic acids is 3. The molecule has 0 saturated carbocycles. The zero-order valence-electron chi connectivity index (χ0n) is 12.7. The fourth-order valence-electron chi connectivity index (χ4n) is 2.48. The summed E-state index contributed by atoms with van der Waals surface area (Å²) in [5.41, 5.74) is 0.401. The maximum absolute atomic E-state index is 13.7. The first-order valence-corrected chi connectivity index (χ1v) is 7.11. The molecule has 1 unspecified atom stereocenters. The molecule has 5 nitrogen and oxygen atoms in total. The van der Waals surface area contributed by atoms with E-state index in [1.807, 2.05) is 0 Å². The van der Waals surface area contributed by atoms with Gasteiger partial charge in [-0.3, -0.25) is 19.7 Å². The minimum absolute atomic E-state index is 0.0871. The van der Waals surface area contributed by atoms with E-state index >= 15 is 0 Å². The molecule has 0 bridgehead atoms. The van der Waals surface area contributed by atoms with Crippen molar-refractivity contribution in [2.75, 3.05) is 6.54 Å². The Morgan fingerprint density at radius 1 is 1.39 bits per heavy atom. The predicted molar refractivity (Wildman–Crippen MR) is 79.0 cm³/mol. The molecule has 1 heterocycles. The quantitative estimate of drug-likeness (QED) is 0.677. The van der Waals surface area contributed by atoms with Crippen molar-refractivity contribution in [2.45, 2.75) is 26.3 Å². The Balaban J connectivity index is 2.24. The second kappa shape index (κ2) is 6.68. The Bertz CT molecular complexity index is 701. The number of nitrogens with one attached hydrogen (secondary N) is 1. The summed E-state index contributed by atoms with van der Waals surface area (Å²) in [7, 11) is 0. The monoisotopic (exact) mass is 322 g/mol. The highest BCUT2D eigenvalue weighted by Crippen LogP contribution is 2.20. The Labute approximate surface area is 132 Å². The molecule has 23 heavy (non-hydrogen) atoms. The molecule has 2 rings (SSSR count). The van der Waals surface area contributed by atoms with E-state index < -0.39 is 35.4 Å². The SMILES string of the molecule is CCN(C(=O)C=C(C)c1ccc(F)cc1F)C1CC(=O)NC1=O. The van der Waals surface area contributed by atoms with Crippen molar-refractivity contribution >= 4 is 23.3 Å². The minimum Gasteiger partial charge on any atom is -0.327 e. The summed E-state index contributed by atoms with van der Waals surface area (Å²) in [4.78, 5) is 36.5. The average Bonchev–Trinajstić information content (AvgIpc) is 2.78. The average molecular weight is 322 g/mol. The number of allylic oxidation sites excluding steroid dienone is 1. The fraction of sp³-hybridized carbons (Fsp3) is 0.312. The molecule has 0 spiro atoms. The molecule has 1 aromatic rings. The van der Waals surface area contributed by atoms with E-state index in [-0.39, 0.29) is 18.5 Å². The van der Waals surface area contributed by atoms with Crippen LogP contribution in [0.4, 0.5) is 8.78 Å². The van der Waals surface area contributed by atoms with Crippen molar-refractivity contribution < 1.29 is 23.2 Å². The van der Waals surface area contributed by atoms with Gasteiger partial charge in [0.25, 0.3) is 0 Å². The van der Waals surface area contributed by atoms with Gasteiger partial charge in [-0.25, -0.2) is 8.78 Å². The number of imide groups is 1. The lowest BCUT2D eigenvalue weighted by Gasteiger charge is -2.24. The van der Waals surface area contributed by atoms with E-state index in [0.717, 1.165) is 12.1 Å². The van der Waals surface area contributed by atoms with Crippen LogP contribution in [0.15, 0.2) is 24.3 Å². The van der Waals surface area contributed by atoms with Crippen molar-refractivity contribution in [1.82, 2.24) is 10.2 Å². The third-order valence-corrected chi connectivity index (χ3v) is 3.64. The molecule has 0 aromatic heterocycles. The normalized spacial score (nSPS) is 18.1. The van der Waals surface area contributed by atoms with Crippen molar-refractivity contribution in [3.05, 3.63) is 41.5 Å². The van der Waals surface area contributed by atoms with Crippen LogP contribution in [0.1, 0.15) is 25.8 Å². The molecule has 122 valence electrons. The Kier molecular flexibility index (Phi) is 4.88. The molecule has 1 aromatic carbocycles. The molecule has 0 aliphatic carbocycles. The van der Waals surface area contributed by atoms with Crippen LogP contribution < -0.4 is 5.32 Å². The number of likely N-dealkylation sites (N-methyl/N-ethyl adjacent to an activating group) is 1. The molecular formula is C16H16F2N2O3. The van der Waals surface area contributed by atoms with Gasteiger partial charge in [0.1, 0.15) is 17.7 Å². The van der Waals surface area contributed by atoms with Gasteiger partial charge >= 0.3 is 0 Å². The maximum Gasteiger partial charge on any atom is 0.249 e. The molecule has 1 N–H and O–H groups in total. The molecule has 0 radical (unpaired) electrons. The second-order valence-corrected chi connectivity index (χ2v) is 5.21. The first kappa shape index (κ1) is 16.8. The van der Waals surface area contributed by atoms with Crippen LogP contribution in [0.25, 0.3) is 5.57 Å². The van der Waals surface area contributed by atoms with Crippen molar-refractivity contribution in [3.8, 4) is 0 Å². The first-order valence-electron chi connectivity index (χ1n) is 7.11. The standard InChI is InChI=1S/C16H16F2N2O3/c1-3-20(13-8-14(21)19-16(13)23)15(22)6-9(2)11-5-4-10(17)7-12(11)18/h4-7,13H,3,8H2,1-2H3,(H,19,21,23). The molecule has 1 fully saturated rings. The highest BCUT2D eigenvalue weighted by molar-refractivity contribution is 6.08. The van der Waals surface area contributed by atoms with Gasteiger partial charge in [0.2, 0.25) is 17.7 Å². The summed E-state index contributed by atoms with van der Waals surface area (Å²) in [5, 5.41) is 2.14. The lowest BCUT2D eigenvalue weighted by atomic mass is 10.1. The zero-order chi connectivity index (χ0) is 17.1. The number of nitrogens with zero attached hydrogens (tertiary/aromatic N) is 1. The van der Waals surface area contributed by atoms with E-state index in [0.29, 0.717) is 5.57 Å². The second-order valence-electron chi connectivity index (χ2n) is 5.21. The smallest absolute Gasteiger partial charge is 0.249 e.